The van der Waals surface area contributed by atoms with Crippen LogP contribution in [0.15, 0.2) is 48.7 Å². The average Bonchev–Trinajstić information content (AvgIpc) is 2.80. The molecule has 2 aliphatic heterocycles. The summed E-state index contributed by atoms with van der Waals surface area (Å²) in [5.41, 5.74) is 1.27. The van der Waals surface area contributed by atoms with E-state index in [1.807, 2.05) is 30.3 Å². The fraction of sp³-hybridized carbons (Fsp3) is 0.500. The smallest absolute Gasteiger partial charge is 0.224 e. The Morgan fingerprint density at radius 3 is 2.60 bits per heavy atom. The predicted octanol–water partition coefficient (Wildman–Crippen LogP) is 3.77. The summed E-state index contributed by atoms with van der Waals surface area (Å²) >= 11 is 5.96. The highest BCUT2D eigenvalue weighted by Crippen LogP contribution is 2.26. The van der Waals surface area contributed by atoms with Crippen LogP contribution in [0, 0.1) is 5.92 Å². The van der Waals surface area contributed by atoms with Crippen molar-refractivity contribution in [2.75, 3.05) is 37.6 Å². The molecule has 160 valence electrons. The molecular formula is C24H31ClN4O. The first-order chi connectivity index (χ1) is 14.7. The minimum Gasteiger partial charge on any atom is -0.357 e. The van der Waals surface area contributed by atoms with Gasteiger partial charge in [0.2, 0.25) is 5.91 Å². The number of hydrogen-bond acceptors (Lipinski definition) is 4. The lowest BCUT2D eigenvalue weighted by atomic mass is 9.93. The molecule has 1 aromatic heterocycles. The summed E-state index contributed by atoms with van der Waals surface area (Å²) in [6, 6.07) is 14.8. The van der Waals surface area contributed by atoms with Crippen LogP contribution < -0.4 is 10.2 Å². The lowest BCUT2D eigenvalue weighted by Gasteiger charge is -2.42. The average molecular weight is 427 g/mol. The molecule has 1 N–H and O–H groups in total. The molecule has 2 aromatic rings. The molecule has 1 amide bonds. The first-order valence-corrected chi connectivity index (χ1v) is 11.5. The van der Waals surface area contributed by atoms with E-state index >= 15 is 0 Å². The summed E-state index contributed by atoms with van der Waals surface area (Å²) in [5.74, 6) is 1.34. The Labute approximate surface area is 184 Å². The molecule has 0 saturated carbocycles. The summed E-state index contributed by atoms with van der Waals surface area (Å²) < 4.78 is 0. The van der Waals surface area contributed by atoms with Crippen molar-refractivity contribution in [2.24, 2.45) is 5.92 Å². The molecule has 0 unspecified atom stereocenters. The Morgan fingerprint density at radius 2 is 1.87 bits per heavy atom. The fourth-order valence-corrected chi connectivity index (χ4v) is 4.80. The van der Waals surface area contributed by atoms with Crippen LogP contribution in [0.4, 0.5) is 5.82 Å². The number of rotatable bonds is 6. The van der Waals surface area contributed by atoms with Crippen molar-refractivity contribution in [2.45, 2.75) is 38.1 Å². The highest BCUT2D eigenvalue weighted by atomic mass is 35.5. The third-order valence-corrected chi connectivity index (χ3v) is 6.62. The van der Waals surface area contributed by atoms with Crippen LogP contribution in [0.1, 0.15) is 31.2 Å². The van der Waals surface area contributed by atoms with Gasteiger partial charge in [-0.2, -0.15) is 0 Å². The van der Waals surface area contributed by atoms with E-state index < -0.39 is 0 Å². The normalized spacial score (nSPS) is 20.8. The molecule has 2 saturated heterocycles. The van der Waals surface area contributed by atoms with Gasteiger partial charge >= 0.3 is 0 Å². The third kappa shape index (κ3) is 5.52. The van der Waals surface area contributed by atoms with Gasteiger partial charge in [-0.05, 0) is 56.3 Å². The highest BCUT2D eigenvalue weighted by Gasteiger charge is 2.31. The minimum atomic E-state index is 0.116. The SMILES string of the molecule is O=C(NCCc1ccccc1)[C@H]1CCCN(C2CCN(c3ccc(Cl)cn3)CC2)C1. The molecule has 0 radical (unpaired) electrons. The number of nitrogens with zero attached hydrogens (tertiary/aromatic N) is 3. The number of piperidine rings is 2. The lowest BCUT2D eigenvalue weighted by molar-refractivity contribution is -0.127. The first kappa shape index (κ1) is 21.1. The van der Waals surface area contributed by atoms with E-state index in [0.29, 0.717) is 17.6 Å². The largest absolute Gasteiger partial charge is 0.357 e. The first-order valence-electron chi connectivity index (χ1n) is 11.1. The molecule has 4 rings (SSSR count). The number of anilines is 1. The molecule has 2 aliphatic rings. The van der Waals surface area contributed by atoms with Crippen LogP contribution in [-0.2, 0) is 11.2 Å². The van der Waals surface area contributed by atoms with Gasteiger partial charge in [0.25, 0.3) is 0 Å². The van der Waals surface area contributed by atoms with Gasteiger partial charge in [0.05, 0.1) is 10.9 Å². The topological polar surface area (TPSA) is 48.5 Å². The number of carbonyl (C=O) groups excluding carboxylic acids is 1. The van der Waals surface area contributed by atoms with Gasteiger partial charge in [0, 0.05) is 38.4 Å². The molecule has 1 atom stereocenters. The number of hydrogen-bond donors (Lipinski definition) is 1. The van der Waals surface area contributed by atoms with Crippen LogP contribution in [0.25, 0.3) is 0 Å². The number of amides is 1. The summed E-state index contributed by atoms with van der Waals surface area (Å²) in [6.45, 7) is 4.72. The van der Waals surface area contributed by atoms with Crippen molar-refractivity contribution in [3.8, 4) is 0 Å². The van der Waals surface area contributed by atoms with Crippen LogP contribution in [-0.4, -0.2) is 54.6 Å². The van der Waals surface area contributed by atoms with Crippen molar-refractivity contribution in [3.05, 3.63) is 59.2 Å². The van der Waals surface area contributed by atoms with Crippen molar-refractivity contribution < 1.29 is 4.79 Å². The van der Waals surface area contributed by atoms with E-state index in [0.717, 1.165) is 64.1 Å². The summed E-state index contributed by atoms with van der Waals surface area (Å²) in [7, 11) is 0. The predicted molar refractivity (Wildman–Crippen MR) is 122 cm³/mol. The number of halogens is 1. The Morgan fingerprint density at radius 1 is 1.07 bits per heavy atom. The van der Waals surface area contributed by atoms with E-state index in [1.54, 1.807) is 6.20 Å². The number of nitrogens with one attached hydrogen (secondary N) is 1. The maximum absolute atomic E-state index is 12.7. The van der Waals surface area contributed by atoms with Crippen molar-refractivity contribution >= 4 is 23.3 Å². The maximum atomic E-state index is 12.7. The second-order valence-corrected chi connectivity index (χ2v) is 8.85. The van der Waals surface area contributed by atoms with Crippen LogP contribution in [0.3, 0.4) is 0 Å². The zero-order chi connectivity index (χ0) is 20.8. The molecule has 30 heavy (non-hydrogen) atoms. The van der Waals surface area contributed by atoms with E-state index in [4.69, 9.17) is 11.6 Å². The Balaban J connectivity index is 1.23. The quantitative estimate of drug-likeness (QED) is 0.763. The molecule has 6 heteroatoms. The van der Waals surface area contributed by atoms with E-state index in [1.165, 1.54) is 5.56 Å². The summed E-state index contributed by atoms with van der Waals surface area (Å²) in [5, 5.41) is 3.84. The number of benzene rings is 1. The zero-order valence-corrected chi connectivity index (χ0v) is 18.2. The fourth-order valence-electron chi connectivity index (χ4n) is 4.69. The van der Waals surface area contributed by atoms with Gasteiger partial charge in [-0.3, -0.25) is 9.69 Å². The molecule has 5 nitrogen and oxygen atoms in total. The molecule has 1 aromatic carbocycles. The van der Waals surface area contributed by atoms with E-state index in [9.17, 15) is 4.79 Å². The second-order valence-electron chi connectivity index (χ2n) is 8.41. The van der Waals surface area contributed by atoms with Gasteiger partial charge in [-0.1, -0.05) is 41.9 Å². The van der Waals surface area contributed by atoms with Gasteiger partial charge in [-0.25, -0.2) is 4.98 Å². The van der Waals surface area contributed by atoms with Crippen LogP contribution in [0.2, 0.25) is 5.02 Å². The monoisotopic (exact) mass is 426 g/mol. The number of pyridine rings is 1. The standard InChI is InChI=1S/C24H31ClN4O/c25-21-8-9-23(27-17-21)28-15-11-22(12-16-28)29-14-4-7-20(18-29)24(30)26-13-10-19-5-2-1-3-6-19/h1-3,5-6,8-9,17,20,22H,4,7,10-16,18H2,(H,26,30)/t20-/m0/s1. The Hall–Kier alpha value is -2.11. The second kappa shape index (κ2) is 10.3. The zero-order valence-electron chi connectivity index (χ0n) is 17.5. The van der Waals surface area contributed by atoms with Crippen molar-refractivity contribution in [3.63, 3.8) is 0 Å². The molecule has 0 bridgehead atoms. The van der Waals surface area contributed by atoms with Gasteiger partial charge in [-0.15, -0.1) is 0 Å². The summed E-state index contributed by atoms with van der Waals surface area (Å²) in [4.78, 5) is 22.1. The van der Waals surface area contributed by atoms with Crippen LogP contribution in [0.5, 0.6) is 0 Å². The Kier molecular flexibility index (Phi) is 7.24. The minimum absolute atomic E-state index is 0.116. The Bertz CT molecular complexity index is 806. The van der Waals surface area contributed by atoms with Gasteiger partial charge < -0.3 is 10.2 Å². The molecule has 2 fully saturated rings. The maximum Gasteiger partial charge on any atom is 0.224 e. The van der Waals surface area contributed by atoms with Gasteiger partial charge in [0.15, 0.2) is 0 Å². The molecular weight excluding hydrogens is 396 g/mol. The number of likely N-dealkylation sites (tertiary alicyclic amines) is 1. The molecule has 0 spiro atoms. The molecule has 0 aliphatic carbocycles. The number of carbonyl (C=O) groups is 1. The molecule has 3 heterocycles. The van der Waals surface area contributed by atoms with E-state index in [-0.39, 0.29) is 11.8 Å². The third-order valence-electron chi connectivity index (χ3n) is 6.40. The van der Waals surface area contributed by atoms with E-state index in [2.05, 4.69) is 32.2 Å². The van der Waals surface area contributed by atoms with Crippen molar-refractivity contribution in [1.29, 1.82) is 0 Å². The van der Waals surface area contributed by atoms with Crippen LogP contribution >= 0.6 is 11.6 Å². The lowest BCUT2D eigenvalue weighted by Crippen LogP contribution is -2.51. The number of aromatic nitrogens is 1. The summed E-state index contributed by atoms with van der Waals surface area (Å²) in [6.07, 6.45) is 6.95. The van der Waals surface area contributed by atoms with Crippen molar-refractivity contribution in [1.82, 2.24) is 15.2 Å². The highest BCUT2D eigenvalue weighted by molar-refractivity contribution is 6.30. The van der Waals surface area contributed by atoms with Gasteiger partial charge in [0.1, 0.15) is 5.82 Å².